The van der Waals surface area contributed by atoms with Crippen LogP contribution >= 0.6 is 11.3 Å². The van der Waals surface area contributed by atoms with Gasteiger partial charge < -0.3 is 10.2 Å². The Balaban J connectivity index is 1.53. The minimum Gasteiger partial charge on any atom is -0.369 e. The fourth-order valence-electron chi connectivity index (χ4n) is 4.01. The van der Waals surface area contributed by atoms with Gasteiger partial charge in [-0.2, -0.15) is 0 Å². The van der Waals surface area contributed by atoms with Crippen LogP contribution in [0.3, 0.4) is 0 Å². The summed E-state index contributed by atoms with van der Waals surface area (Å²) in [6.07, 6.45) is 6.82. The maximum atomic E-state index is 12.6. The summed E-state index contributed by atoms with van der Waals surface area (Å²) in [5, 5.41) is 4.47. The minimum absolute atomic E-state index is 0.241. The predicted molar refractivity (Wildman–Crippen MR) is 120 cm³/mol. The summed E-state index contributed by atoms with van der Waals surface area (Å²) in [7, 11) is 0. The van der Waals surface area contributed by atoms with Crippen LogP contribution in [-0.2, 0) is 4.79 Å². The molecular weight excluding hydrogens is 380 g/mol. The highest BCUT2D eigenvalue weighted by atomic mass is 32.1. The third-order valence-corrected chi connectivity index (χ3v) is 6.61. The Morgan fingerprint density at radius 2 is 1.79 bits per heavy atom. The van der Waals surface area contributed by atoms with Crippen LogP contribution in [0.25, 0.3) is 21.3 Å². The fourth-order valence-corrected chi connectivity index (χ4v) is 5.02. The molecule has 1 fully saturated rings. The number of carbonyl (C=O) groups is 1. The lowest BCUT2D eigenvalue weighted by molar-refractivity contribution is -0.130. The minimum atomic E-state index is 0.241. The Kier molecular flexibility index (Phi) is 6.09. The Hall–Kier alpha value is -2.47. The molecule has 0 aliphatic carbocycles. The Bertz CT molecular complexity index is 988. The number of aryl methyl sites for hydroxylation is 2. The monoisotopic (exact) mass is 408 g/mol. The SMILES string of the molecule is Cc1ccc(-c2c(C)sc3ncnc(NCCC(=O)N4CCCCCC4)c23)cc1. The van der Waals surface area contributed by atoms with Gasteiger partial charge in [0, 0.05) is 36.5 Å². The number of aromatic nitrogens is 2. The van der Waals surface area contributed by atoms with Crippen LogP contribution in [0.4, 0.5) is 5.82 Å². The molecule has 0 radical (unpaired) electrons. The molecule has 1 aromatic carbocycles. The van der Waals surface area contributed by atoms with Crippen LogP contribution in [0.1, 0.15) is 42.5 Å². The van der Waals surface area contributed by atoms with Crippen LogP contribution in [0, 0.1) is 13.8 Å². The second kappa shape index (κ2) is 8.91. The third-order valence-electron chi connectivity index (χ3n) is 5.59. The number of amides is 1. The molecule has 1 saturated heterocycles. The standard InChI is InChI=1S/C23H28N4OS/c1-16-7-9-18(10-8-16)20-17(2)29-23-21(20)22(25-15-26-23)24-12-11-19(28)27-13-5-3-4-6-14-27/h7-10,15H,3-6,11-14H2,1-2H3,(H,24,25,26). The van der Waals surface area contributed by atoms with Gasteiger partial charge in [0.1, 0.15) is 17.0 Å². The second-order valence-corrected chi connectivity index (χ2v) is 8.98. The van der Waals surface area contributed by atoms with Gasteiger partial charge in [-0.15, -0.1) is 11.3 Å². The summed E-state index contributed by atoms with van der Waals surface area (Å²) in [5.41, 5.74) is 3.61. The maximum absolute atomic E-state index is 12.6. The fraction of sp³-hybridized carbons (Fsp3) is 0.435. The summed E-state index contributed by atoms with van der Waals surface area (Å²) < 4.78 is 0. The first kappa shape index (κ1) is 19.8. The number of nitrogens with zero attached hydrogens (tertiary/aromatic N) is 3. The molecule has 152 valence electrons. The maximum Gasteiger partial charge on any atom is 0.224 e. The molecule has 0 saturated carbocycles. The van der Waals surface area contributed by atoms with Crippen molar-refractivity contribution in [1.29, 1.82) is 0 Å². The van der Waals surface area contributed by atoms with Gasteiger partial charge in [0.15, 0.2) is 0 Å². The molecule has 0 atom stereocenters. The van der Waals surface area contributed by atoms with Gasteiger partial charge in [-0.1, -0.05) is 42.7 Å². The highest BCUT2D eigenvalue weighted by Crippen LogP contribution is 2.40. The van der Waals surface area contributed by atoms with E-state index in [9.17, 15) is 4.79 Å². The normalized spacial score (nSPS) is 14.8. The van der Waals surface area contributed by atoms with Crippen LogP contribution in [-0.4, -0.2) is 40.4 Å². The van der Waals surface area contributed by atoms with Gasteiger partial charge in [-0.3, -0.25) is 4.79 Å². The van der Waals surface area contributed by atoms with Crippen LogP contribution in [0.15, 0.2) is 30.6 Å². The molecule has 29 heavy (non-hydrogen) atoms. The molecule has 4 rings (SSSR count). The third kappa shape index (κ3) is 4.42. The van der Waals surface area contributed by atoms with Crippen LogP contribution in [0.2, 0.25) is 0 Å². The zero-order chi connectivity index (χ0) is 20.2. The molecule has 0 bridgehead atoms. The Labute approximate surface area is 176 Å². The van der Waals surface area contributed by atoms with Crippen LogP contribution in [0.5, 0.6) is 0 Å². The molecule has 6 heteroatoms. The largest absolute Gasteiger partial charge is 0.369 e. The zero-order valence-electron chi connectivity index (χ0n) is 17.2. The summed E-state index contributed by atoms with van der Waals surface area (Å²) in [6, 6.07) is 8.58. The molecule has 5 nitrogen and oxygen atoms in total. The molecule has 3 heterocycles. The van der Waals surface area contributed by atoms with Crippen molar-refractivity contribution in [2.75, 3.05) is 25.0 Å². The van der Waals surface area contributed by atoms with Crippen molar-refractivity contribution >= 4 is 33.3 Å². The highest BCUT2D eigenvalue weighted by Gasteiger charge is 2.18. The number of thiophene rings is 1. The van der Waals surface area contributed by atoms with Crippen molar-refractivity contribution in [3.8, 4) is 11.1 Å². The number of nitrogens with one attached hydrogen (secondary N) is 1. The van der Waals surface area contributed by atoms with Gasteiger partial charge in [-0.25, -0.2) is 9.97 Å². The number of benzene rings is 1. The van der Waals surface area contributed by atoms with Crippen LogP contribution < -0.4 is 5.32 Å². The quantitative estimate of drug-likeness (QED) is 0.632. The molecule has 1 aliphatic rings. The lowest BCUT2D eigenvalue weighted by Gasteiger charge is -2.20. The van der Waals surface area contributed by atoms with E-state index in [1.54, 1.807) is 17.7 Å². The summed E-state index contributed by atoms with van der Waals surface area (Å²) >= 11 is 1.69. The molecule has 1 N–H and O–H groups in total. The molecule has 1 amide bonds. The number of fused-ring (bicyclic) bond motifs is 1. The van der Waals surface area contributed by atoms with Gasteiger partial charge in [-0.05, 0) is 32.3 Å². The molecular formula is C23H28N4OS. The number of rotatable bonds is 5. The molecule has 0 spiro atoms. The first-order valence-corrected chi connectivity index (χ1v) is 11.3. The number of hydrogen-bond donors (Lipinski definition) is 1. The second-order valence-electron chi connectivity index (χ2n) is 7.77. The average molecular weight is 409 g/mol. The van der Waals surface area contributed by atoms with Gasteiger partial charge in [0.25, 0.3) is 0 Å². The molecule has 2 aromatic heterocycles. The number of anilines is 1. The van der Waals surface area contributed by atoms with Gasteiger partial charge >= 0.3 is 0 Å². The molecule has 3 aromatic rings. The van der Waals surface area contributed by atoms with E-state index in [2.05, 4.69) is 53.4 Å². The van der Waals surface area contributed by atoms with Gasteiger partial charge in [0.2, 0.25) is 5.91 Å². The van der Waals surface area contributed by atoms with Crippen molar-refractivity contribution in [1.82, 2.24) is 14.9 Å². The van der Waals surface area contributed by atoms with E-state index in [-0.39, 0.29) is 5.91 Å². The van der Waals surface area contributed by atoms with Gasteiger partial charge in [0.05, 0.1) is 5.39 Å². The zero-order valence-corrected chi connectivity index (χ0v) is 18.0. The Morgan fingerprint density at radius 1 is 1.07 bits per heavy atom. The van der Waals surface area contributed by atoms with E-state index in [0.29, 0.717) is 13.0 Å². The lowest BCUT2D eigenvalue weighted by atomic mass is 10.0. The van der Waals surface area contributed by atoms with E-state index < -0.39 is 0 Å². The van der Waals surface area contributed by atoms with Crippen molar-refractivity contribution in [3.05, 3.63) is 41.0 Å². The van der Waals surface area contributed by atoms with E-state index in [4.69, 9.17) is 0 Å². The number of hydrogen-bond acceptors (Lipinski definition) is 5. The predicted octanol–water partition coefficient (Wildman–Crippen LogP) is 5.18. The van der Waals surface area contributed by atoms with Crippen molar-refractivity contribution in [2.45, 2.75) is 46.0 Å². The Morgan fingerprint density at radius 3 is 2.52 bits per heavy atom. The molecule has 1 aliphatic heterocycles. The van der Waals surface area contributed by atoms with Crippen molar-refractivity contribution < 1.29 is 4.79 Å². The molecule has 0 unspecified atom stereocenters. The summed E-state index contributed by atoms with van der Waals surface area (Å²) in [4.78, 5) is 25.8. The summed E-state index contributed by atoms with van der Waals surface area (Å²) in [5.74, 6) is 1.06. The van der Waals surface area contributed by atoms with E-state index in [0.717, 1.165) is 42.0 Å². The first-order chi connectivity index (χ1) is 14.1. The number of carbonyl (C=O) groups excluding carboxylic acids is 1. The highest BCUT2D eigenvalue weighted by molar-refractivity contribution is 7.19. The van der Waals surface area contributed by atoms with Crippen molar-refractivity contribution in [2.24, 2.45) is 0 Å². The van der Waals surface area contributed by atoms with E-state index in [1.165, 1.54) is 34.4 Å². The summed E-state index contributed by atoms with van der Waals surface area (Å²) in [6.45, 7) is 6.62. The van der Waals surface area contributed by atoms with Crippen molar-refractivity contribution in [3.63, 3.8) is 0 Å². The van der Waals surface area contributed by atoms with E-state index >= 15 is 0 Å². The lowest BCUT2D eigenvalue weighted by Crippen LogP contribution is -2.32. The van der Waals surface area contributed by atoms with E-state index in [1.807, 2.05) is 4.90 Å². The number of likely N-dealkylation sites (tertiary alicyclic amines) is 1. The topological polar surface area (TPSA) is 58.1 Å². The average Bonchev–Trinajstić information content (AvgIpc) is 2.89. The smallest absolute Gasteiger partial charge is 0.224 e. The first-order valence-electron chi connectivity index (χ1n) is 10.5.